The molecule has 0 radical (unpaired) electrons. The Balaban J connectivity index is 1.99. The molecular formula is C21H29N3O3. The van der Waals surface area contributed by atoms with E-state index in [0.717, 1.165) is 24.8 Å². The number of hydrogen-bond acceptors (Lipinski definition) is 4. The number of benzene rings is 1. The zero-order chi connectivity index (χ0) is 19.7. The SMILES string of the molecule is CCN(CC)C(=O)C1(NC(=O)COc2ccc(CC#N)cc2)CCCCC1. The number of nitriles is 1. The smallest absolute Gasteiger partial charge is 0.258 e. The molecule has 146 valence electrons. The van der Waals surface area contributed by atoms with E-state index in [2.05, 4.69) is 11.4 Å². The Kier molecular flexibility index (Phi) is 7.66. The molecule has 1 aliphatic rings. The molecule has 0 bridgehead atoms. The van der Waals surface area contributed by atoms with Gasteiger partial charge in [-0.1, -0.05) is 31.4 Å². The standard InChI is InChI=1S/C21H29N3O3/c1-3-24(4-2)20(26)21(13-6-5-7-14-21)23-19(25)16-27-18-10-8-17(9-11-18)12-15-22/h8-11H,3-7,12-14,16H2,1-2H3,(H,23,25). The maximum Gasteiger partial charge on any atom is 0.258 e. The second kappa shape index (κ2) is 9.96. The van der Waals surface area contributed by atoms with Crippen molar-refractivity contribution in [1.82, 2.24) is 10.2 Å². The maximum absolute atomic E-state index is 13.0. The Morgan fingerprint density at radius 1 is 1.15 bits per heavy atom. The highest BCUT2D eigenvalue weighted by Crippen LogP contribution is 2.30. The van der Waals surface area contributed by atoms with Crippen LogP contribution >= 0.6 is 0 Å². The molecule has 2 rings (SSSR count). The van der Waals surface area contributed by atoms with Gasteiger partial charge in [-0.25, -0.2) is 0 Å². The first-order valence-corrected chi connectivity index (χ1v) is 9.73. The molecule has 1 aromatic carbocycles. The molecule has 1 aromatic rings. The van der Waals surface area contributed by atoms with E-state index < -0.39 is 5.54 Å². The maximum atomic E-state index is 13.0. The van der Waals surface area contributed by atoms with Gasteiger partial charge in [-0.05, 0) is 44.4 Å². The number of rotatable bonds is 8. The van der Waals surface area contributed by atoms with E-state index in [0.29, 0.717) is 38.1 Å². The van der Waals surface area contributed by atoms with E-state index >= 15 is 0 Å². The summed E-state index contributed by atoms with van der Waals surface area (Å²) in [6, 6.07) is 9.20. The van der Waals surface area contributed by atoms with Gasteiger partial charge in [0.05, 0.1) is 12.5 Å². The van der Waals surface area contributed by atoms with Gasteiger partial charge in [-0.2, -0.15) is 5.26 Å². The van der Waals surface area contributed by atoms with Gasteiger partial charge >= 0.3 is 0 Å². The van der Waals surface area contributed by atoms with Gasteiger partial charge < -0.3 is 15.0 Å². The predicted octanol–water partition coefficient (Wildman–Crippen LogP) is 2.82. The molecule has 0 unspecified atom stereocenters. The van der Waals surface area contributed by atoms with Gasteiger partial charge in [0.1, 0.15) is 11.3 Å². The van der Waals surface area contributed by atoms with Crippen LogP contribution in [0.1, 0.15) is 51.5 Å². The van der Waals surface area contributed by atoms with Crippen molar-refractivity contribution in [3.05, 3.63) is 29.8 Å². The molecule has 1 saturated carbocycles. The van der Waals surface area contributed by atoms with Gasteiger partial charge in [-0.15, -0.1) is 0 Å². The highest BCUT2D eigenvalue weighted by molar-refractivity contribution is 5.92. The van der Waals surface area contributed by atoms with Crippen molar-refractivity contribution in [3.8, 4) is 11.8 Å². The number of nitrogens with zero attached hydrogens (tertiary/aromatic N) is 2. The summed E-state index contributed by atoms with van der Waals surface area (Å²) >= 11 is 0. The molecule has 0 aromatic heterocycles. The quantitative estimate of drug-likeness (QED) is 0.762. The van der Waals surface area contributed by atoms with Crippen molar-refractivity contribution in [1.29, 1.82) is 5.26 Å². The fourth-order valence-electron chi connectivity index (χ4n) is 3.61. The third-order valence-corrected chi connectivity index (χ3v) is 5.12. The molecule has 6 nitrogen and oxygen atoms in total. The summed E-state index contributed by atoms with van der Waals surface area (Å²) in [5.74, 6) is 0.305. The van der Waals surface area contributed by atoms with E-state index in [-0.39, 0.29) is 18.4 Å². The summed E-state index contributed by atoms with van der Waals surface area (Å²) in [6.07, 6.45) is 4.67. The third kappa shape index (κ3) is 5.46. The molecule has 0 saturated heterocycles. The molecule has 0 atom stereocenters. The van der Waals surface area contributed by atoms with Crippen LogP contribution in [0.25, 0.3) is 0 Å². The third-order valence-electron chi connectivity index (χ3n) is 5.12. The average molecular weight is 371 g/mol. The van der Waals surface area contributed by atoms with Gasteiger partial charge in [0.2, 0.25) is 5.91 Å². The van der Waals surface area contributed by atoms with Gasteiger partial charge in [0.25, 0.3) is 5.91 Å². The van der Waals surface area contributed by atoms with Crippen LogP contribution in [-0.2, 0) is 16.0 Å². The molecule has 2 amide bonds. The molecule has 0 heterocycles. The van der Waals surface area contributed by atoms with E-state index in [1.54, 1.807) is 17.0 Å². The highest BCUT2D eigenvalue weighted by Gasteiger charge is 2.42. The molecule has 6 heteroatoms. The Labute approximate surface area is 161 Å². The largest absolute Gasteiger partial charge is 0.484 e. The molecule has 0 spiro atoms. The Morgan fingerprint density at radius 2 is 1.78 bits per heavy atom. The Bertz CT molecular complexity index is 669. The minimum atomic E-state index is -0.804. The summed E-state index contributed by atoms with van der Waals surface area (Å²) in [4.78, 5) is 27.3. The number of likely N-dealkylation sites (N-methyl/N-ethyl adjacent to an activating group) is 1. The summed E-state index contributed by atoms with van der Waals surface area (Å²) < 4.78 is 5.56. The number of amides is 2. The monoisotopic (exact) mass is 371 g/mol. The lowest BCUT2D eigenvalue weighted by Crippen LogP contribution is -2.61. The number of nitrogens with one attached hydrogen (secondary N) is 1. The number of carbonyl (C=O) groups excluding carboxylic acids is 2. The van der Waals surface area contributed by atoms with Crippen LogP contribution in [0.4, 0.5) is 0 Å². The predicted molar refractivity (Wildman–Crippen MR) is 103 cm³/mol. The van der Waals surface area contributed by atoms with Crippen molar-refractivity contribution in [3.63, 3.8) is 0 Å². The van der Waals surface area contributed by atoms with E-state index in [9.17, 15) is 9.59 Å². The summed E-state index contributed by atoms with van der Waals surface area (Å²) in [5, 5.41) is 11.7. The van der Waals surface area contributed by atoms with Crippen molar-refractivity contribution in [2.24, 2.45) is 0 Å². The van der Waals surface area contributed by atoms with Gasteiger partial charge in [0, 0.05) is 13.1 Å². The Morgan fingerprint density at radius 3 is 2.33 bits per heavy atom. The van der Waals surface area contributed by atoms with E-state index in [4.69, 9.17) is 10.00 Å². The molecule has 27 heavy (non-hydrogen) atoms. The number of carbonyl (C=O) groups is 2. The zero-order valence-corrected chi connectivity index (χ0v) is 16.3. The van der Waals surface area contributed by atoms with Crippen LogP contribution in [0.5, 0.6) is 5.75 Å². The van der Waals surface area contributed by atoms with Crippen molar-refractivity contribution >= 4 is 11.8 Å². The van der Waals surface area contributed by atoms with E-state index in [1.165, 1.54) is 0 Å². The molecular weight excluding hydrogens is 342 g/mol. The zero-order valence-electron chi connectivity index (χ0n) is 16.3. The van der Waals surface area contributed by atoms with Crippen LogP contribution in [0.15, 0.2) is 24.3 Å². The fraction of sp³-hybridized carbons (Fsp3) is 0.571. The average Bonchev–Trinajstić information content (AvgIpc) is 2.69. The van der Waals surface area contributed by atoms with Crippen LogP contribution in [0, 0.1) is 11.3 Å². The first kappa shape index (κ1) is 20.8. The normalized spacial score (nSPS) is 15.4. The van der Waals surface area contributed by atoms with Crippen molar-refractivity contribution in [2.45, 2.75) is 57.9 Å². The van der Waals surface area contributed by atoms with Gasteiger partial charge in [-0.3, -0.25) is 9.59 Å². The van der Waals surface area contributed by atoms with Crippen LogP contribution in [0.3, 0.4) is 0 Å². The number of hydrogen-bond donors (Lipinski definition) is 1. The van der Waals surface area contributed by atoms with E-state index in [1.807, 2.05) is 26.0 Å². The molecule has 0 aliphatic heterocycles. The lowest BCUT2D eigenvalue weighted by Gasteiger charge is -2.40. The lowest BCUT2D eigenvalue weighted by atomic mass is 9.80. The second-order valence-electron chi connectivity index (χ2n) is 6.94. The van der Waals surface area contributed by atoms with Crippen LogP contribution in [0.2, 0.25) is 0 Å². The minimum absolute atomic E-state index is 0.0152. The first-order valence-electron chi connectivity index (χ1n) is 9.73. The molecule has 1 aliphatic carbocycles. The molecule has 1 fully saturated rings. The summed E-state index contributed by atoms with van der Waals surface area (Å²) in [6.45, 7) is 5.06. The topological polar surface area (TPSA) is 82.4 Å². The Hall–Kier alpha value is -2.55. The minimum Gasteiger partial charge on any atom is -0.484 e. The molecule has 1 N–H and O–H groups in total. The number of ether oxygens (including phenoxy) is 1. The van der Waals surface area contributed by atoms with Gasteiger partial charge in [0.15, 0.2) is 6.61 Å². The highest BCUT2D eigenvalue weighted by atomic mass is 16.5. The van der Waals surface area contributed by atoms with Crippen molar-refractivity contribution < 1.29 is 14.3 Å². The first-order chi connectivity index (χ1) is 13.0. The fourth-order valence-corrected chi connectivity index (χ4v) is 3.61. The second-order valence-corrected chi connectivity index (χ2v) is 6.94. The van der Waals surface area contributed by atoms with Crippen molar-refractivity contribution in [2.75, 3.05) is 19.7 Å². The lowest BCUT2D eigenvalue weighted by molar-refractivity contribution is -0.143. The van der Waals surface area contributed by atoms with Crippen LogP contribution in [-0.4, -0.2) is 41.9 Å². The van der Waals surface area contributed by atoms with Crippen LogP contribution < -0.4 is 10.1 Å². The summed E-state index contributed by atoms with van der Waals surface area (Å²) in [7, 11) is 0. The summed E-state index contributed by atoms with van der Waals surface area (Å²) in [5.41, 5.74) is 0.0988.